The van der Waals surface area contributed by atoms with Gasteiger partial charge in [-0.05, 0) is 98.2 Å². The normalized spacial score (nSPS) is 17.7. The van der Waals surface area contributed by atoms with Crippen molar-refractivity contribution in [3.05, 3.63) is 140 Å². The van der Waals surface area contributed by atoms with Crippen LogP contribution in [0.3, 0.4) is 0 Å². The summed E-state index contributed by atoms with van der Waals surface area (Å²) in [5.74, 6) is 0. The summed E-state index contributed by atoms with van der Waals surface area (Å²) in [6.45, 7) is 4.49. The van der Waals surface area contributed by atoms with Crippen LogP contribution in [-0.4, -0.2) is 9.97 Å². The molecule has 4 N–H and O–H groups in total. The van der Waals surface area contributed by atoms with E-state index in [2.05, 4.69) is 163 Å². The first-order valence-electron chi connectivity index (χ1n) is 15.7. The molecule has 8 heteroatoms. The van der Waals surface area contributed by atoms with Crippen LogP contribution in [0.2, 0.25) is 0 Å². The number of aryl methyl sites for hydroxylation is 2. The molecule has 0 saturated carbocycles. The number of halogens is 4. The Balaban J connectivity index is 0.000000174. The highest BCUT2D eigenvalue weighted by Gasteiger charge is 2.29. The van der Waals surface area contributed by atoms with E-state index in [1.165, 1.54) is 68.3 Å². The molecule has 0 amide bonds. The summed E-state index contributed by atoms with van der Waals surface area (Å²) >= 11 is 7.16. The number of fused-ring (bicyclic) bond motifs is 6. The molecular formula is C38H40Br2Cl2N4. The molecule has 0 aliphatic heterocycles. The van der Waals surface area contributed by atoms with Gasteiger partial charge in [0.05, 0.1) is 0 Å². The van der Waals surface area contributed by atoms with E-state index in [0.717, 1.165) is 21.8 Å². The van der Waals surface area contributed by atoms with Crippen molar-refractivity contribution in [1.29, 1.82) is 0 Å². The van der Waals surface area contributed by atoms with Crippen molar-refractivity contribution in [2.24, 2.45) is 0 Å². The lowest BCUT2D eigenvalue weighted by Gasteiger charge is -2.20. The van der Waals surface area contributed by atoms with Gasteiger partial charge >= 0.3 is 0 Å². The van der Waals surface area contributed by atoms with Gasteiger partial charge in [0, 0.05) is 66.3 Å². The summed E-state index contributed by atoms with van der Waals surface area (Å²) in [7, 11) is 0. The molecule has 2 aliphatic rings. The Kier molecular flexibility index (Phi) is 11.4. The number of hydrogen-bond acceptors (Lipinski definition) is 2. The van der Waals surface area contributed by atoms with Crippen molar-refractivity contribution in [3.8, 4) is 0 Å². The molecule has 240 valence electrons. The van der Waals surface area contributed by atoms with E-state index >= 15 is 0 Å². The SMILES string of the molecule is C[C@@H](N[C@@H]1CCc2c1[nH]c1ccc(Br)cc21)c1ccccc1.C[C@@H](N[C@H]1CCc2c1[nH]c1ccc(Br)cc21)c1ccccc1.Cl.Cl. The van der Waals surface area contributed by atoms with E-state index in [1.807, 2.05) is 0 Å². The minimum atomic E-state index is 0. The number of aromatic nitrogens is 2. The van der Waals surface area contributed by atoms with E-state index in [0.29, 0.717) is 24.2 Å². The van der Waals surface area contributed by atoms with Crippen molar-refractivity contribution < 1.29 is 0 Å². The van der Waals surface area contributed by atoms with Gasteiger partial charge in [0.25, 0.3) is 0 Å². The van der Waals surface area contributed by atoms with Gasteiger partial charge in [0.15, 0.2) is 0 Å². The van der Waals surface area contributed by atoms with Crippen LogP contribution in [0, 0.1) is 0 Å². The predicted molar refractivity (Wildman–Crippen MR) is 205 cm³/mol. The van der Waals surface area contributed by atoms with Crippen LogP contribution in [0.4, 0.5) is 0 Å². The fraction of sp³-hybridized carbons (Fsp3) is 0.263. The van der Waals surface area contributed by atoms with E-state index < -0.39 is 0 Å². The summed E-state index contributed by atoms with van der Waals surface area (Å²) in [5, 5.41) is 10.3. The largest absolute Gasteiger partial charge is 0.357 e. The minimum Gasteiger partial charge on any atom is -0.357 e. The Bertz CT molecular complexity index is 1770. The quantitative estimate of drug-likeness (QED) is 0.136. The Morgan fingerprint density at radius 3 is 1.37 bits per heavy atom. The molecule has 0 fully saturated rings. The average Bonchev–Trinajstić information content (AvgIpc) is 3.81. The van der Waals surface area contributed by atoms with Crippen LogP contribution in [0.1, 0.15) is 84.5 Å². The summed E-state index contributed by atoms with van der Waals surface area (Å²) in [4.78, 5) is 7.25. The molecule has 4 nitrogen and oxygen atoms in total. The Morgan fingerprint density at radius 1 is 0.587 bits per heavy atom. The maximum absolute atomic E-state index is 3.78. The lowest BCUT2D eigenvalue weighted by Crippen LogP contribution is -2.23. The summed E-state index contributed by atoms with van der Waals surface area (Å²) in [6, 6.07) is 35.8. The number of nitrogens with one attached hydrogen (secondary N) is 4. The van der Waals surface area contributed by atoms with Crippen LogP contribution in [0.5, 0.6) is 0 Å². The van der Waals surface area contributed by atoms with Gasteiger partial charge in [-0.15, -0.1) is 24.8 Å². The van der Waals surface area contributed by atoms with E-state index in [4.69, 9.17) is 0 Å². The van der Waals surface area contributed by atoms with Crippen LogP contribution in [0.15, 0.2) is 106 Å². The first-order chi connectivity index (χ1) is 21.4. The standard InChI is InChI=1S/2C19H19BrN2.2ClH/c2*1-12(13-5-3-2-4-6-13)21-18-10-8-15-16-11-14(20)7-9-17(16)22-19(15)18;;/h2*2-7,9,11-12,18,21-22H,8,10H2,1H3;2*1H/t12-,18+;12-,18-;;/m11../s1. The van der Waals surface area contributed by atoms with Gasteiger partial charge in [-0.1, -0.05) is 92.5 Å². The zero-order valence-electron chi connectivity index (χ0n) is 25.9. The van der Waals surface area contributed by atoms with E-state index in [9.17, 15) is 0 Å². The number of hydrogen-bond donors (Lipinski definition) is 4. The molecule has 8 rings (SSSR count). The summed E-state index contributed by atoms with van der Waals surface area (Å²) in [6.07, 6.45) is 4.62. The first-order valence-corrected chi connectivity index (χ1v) is 17.2. The zero-order valence-corrected chi connectivity index (χ0v) is 30.8. The lowest BCUT2D eigenvalue weighted by molar-refractivity contribution is 0.459. The zero-order chi connectivity index (χ0) is 30.2. The molecule has 0 spiro atoms. The van der Waals surface area contributed by atoms with Gasteiger partial charge in [-0.3, -0.25) is 0 Å². The molecule has 2 aromatic heterocycles. The fourth-order valence-corrected chi connectivity index (χ4v) is 7.82. The monoisotopic (exact) mass is 780 g/mol. The molecular weight excluding hydrogens is 743 g/mol. The van der Waals surface area contributed by atoms with E-state index in [1.54, 1.807) is 0 Å². The smallest absolute Gasteiger partial charge is 0.0483 e. The van der Waals surface area contributed by atoms with Crippen LogP contribution in [0.25, 0.3) is 21.8 Å². The Morgan fingerprint density at radius 2 is 0.978 bits per heavy atom. The predicted octanol–water partition coefficient (Wildman–Crippen LogP) is 11.4. The Hall–Kier alpha value is -2.58. The van der Waals surface area contributed by atoms with Gasteiger partial charge in [-0.25, -0.2) is 0 Å². The van der Waals surface area contributed by atoms with Gasteiger partial charge in [-0.2, -0.15) is 0 Å². The second kappa shape index (κ2) is 15.1. The van der Waals surface area contributed by atoms with Crippen LogP contribution >= 0.6 is 56.7 Å². The topological polar surface area (TPSA) is 55.6 Å². The molecule has 2 heterocycles. The number of aromatic amines is 2. The molecule has 6 aromatic rings. The molecule has 0 bridgehead atoms. The Labute approximate surface area is 300 Å². The highest BCUT2D eigenvalue weighted by atomic mass is 79.9. The van der Waals surface area contributed by atoms with E-state index in [-0.39, 0.29) is 24.8 Å². The maximum Gasteiger partial charge on any atom is 0.0483 e. The second-order valence-electron chi connectivity index (χ2n) is 12.2. The summed E-state index contributed by atoms with van der Waals surface area (Å²) in [5.41, 5.74) is 10.9. The van der Waals surface area contributed by atoms with Crippen molar-refractivity contribution in [1.82, 2.24) is 20.6 Å². The minimum absolute atomic E-state index is 0. The number of benzene rings is 4. The van der Waals surface area contributed by atoms with Gasteiger partial charge in [0.1, 0.15) is 0 Å². The summed E-state index contributed by atoms with van der Waals surface area (Å²) < 4.78 is 2.30. The van der Waals surface area contributed by atoms with Crippen LogP contribution in [-0.2, 0) is 12.8 Å². The number of H-pyrrole nitrogens is 2. The average molecular weight is 783 g/mol. The highest BCUT2D eigenvalue weighted by molar-refractivity contribution is 9.10. The van der Waals surface area contributed by atoms with Crippen molar-refractivity contribution >= 4 is 78.5 Å². The highest BCUT2D eigenvalue weighted by Crippen LogP contribution is 2.39. The van der Waals surface area contributed by atoms with Crippen LogP contribution < -0.4 is 10.6 Å². The molecule has 0 saturated heterocycles. The third-order valence-corrected chi connectivity index (χ3v) is 10.4. The fourth-order valence-electron chi connectivity index (χ4n) is 7.09. The molecule has 0 unspecified atom stereocenters. The van der Waals surface area contributed by atoms with Gasteiger partial charge < -0.3 is 20.6 Å². The van der Waals surface area contributed by atoms with Crippen molar-refractivity contribution in [2.45, 2.75) is 63.7 Å². The molecule has 2 aliphatic carbocycles. The first kappa shape index (κ1) is 34.7. The lowest BCUT2D eigenvalue weighted by atomic mass is 10.1. The third kappa shape index (κ3) is 7.13. The van der Waals surface area contributed by atoms with Crippen molar-refractivity contribution in [3.63, 3.8) is 0 Å². The maximum atomic E-state index is 3.78. The van der Waals surface area contributed by atoms with Gasteiger partial charge in [0.2, 0.25) is 0 Å². The molecule has 4 aromatic carbocycles. The molecule has 4 atom stereocenters. The second-order valence-corrected chi connectivity index (χ2v) is 14.0. The molecule has 0 radical (unpaired) electrons. The van der Waals surface area contributed by atoms with Crippen molar-refractivity contribution in [2.75, 3.05) is 0 Å². The number of rotatable bonds is 6. The molecule has 46 heavy (non-hydrogen) atoms. The third-order valence-electron chi connectivity index (χ3n) is 9.37.